The van der Waals surface area contributed by atoms with Crippen LogP contribution in [0.5, 0.6) is 0 Å². The van der Waals surface area contributed by atoms with Crippen molar-refractivity contribution >= 4 is 53.1 Å². The van der Waals surface area contributed by atoms with Gasteiger partial charge in [0.2, 0.25) is 0 Å². The quantitative estimate of drug-likeness (QED) is 0.246. The third-order valence-corrected chi connectivity index (χ3v) is 7.70. The molecule has 0 radical (unpaired) electrons. The third kappa shape index (κ3) is 2.75. The van der Waals surface area contributed by atoms with E-state index in [1.165, 1.54) is 64.0 Å². The Morgan fingerprint density at radius 1 is 0.485 bits per heavy atom. The molecule has 154 valence electrons. The minimum atomic E-state index is 1.19. The molecular weight excluding hydrogens is 418 g/mol. The average molecular weight is 438 g/mol. The van der Waals surface area contributed by atoms with Gasteiger partial charge in [-0.2, -0.15) is 0 Å². The molecule has 0 bridgehead atoms. The van der Waals surface area contributed by atoms with Gasteiger partial charge in [0.25, 0.3) is 0 Å². The highest BCUT2D eigenvalue weighted by atomic mass is 32.1. The van der Waals surface area contributed by atoms with Crippen LogP contribution in [-0.4, -0.2) is 4.98 Å². The highest BCUT2D eigenvalue weighted by Gasteiger charge is 2.19. The van der Waals surface area contributed by atoms with Crippen molar-refractivity contribution in [3.8, 4) is 22.3 Å². The summed E-state index contributed by atoms with van der Waals surface area (Å²) in [6.45, 7) is 0. The Labute approximate surface area is 195 Å². The van der Waals surface area contributed by atoms with Crippen molar-refractivity contribution in [3.05, 3.63) is 116 Å². The van der Waals surface area contributed by atoms with Crippen LogP contribution in [0.2, 0.25) is 0 Å². The van der Waals surface area contributed by atoms with Crippen LogP contribution < -0.4 is 0 Å². The second-order valence-corrected chi connectivity index (χ2v) is 9.44. The van der Waals surface area contributed by atoms with Crippen molar-refractivity contribution < 1.29 is 0 Å². The number of hydrogen-bond acceptors (Lipinski definition) is 2. The summed E-state index contributed by atoms with van der Waals surface area (Å²) in [6.07, 6.45) is 3.95. The van der Waals surface area contributed by atoms with E-state index in [0.717, 1.165) is 0 Å². The Hall–Kier alpha value is -4.01. The van der Waals surface area contributed by atoms with Crippen molar-refractivity contribution in [2.45, 2.75) is 0 Å². The van der Waals surface area contributed by atoms with Crippen molar-refractivity contribution in [1.29, 1.82) is 0 Å². The molecule has 0 saturated carbocycles. The standard InChI is InChI=1S/C31H19NS/c1-2-9-20(10-3-1)29-21-11-4-5-12-22(21)30(26-19-32-18-17-23(26)29)25-14-8-16-28-31(25)24-13-6-7-15-27(24)33-28/h1-19H. The summed E-state index contributed by atoms with van der Waals surface area (Å²) >= 11 is 1.87. The van der Waals surface area contributed by atoms with Gasteiger partial charge in [0, 0.05) is 38.0 Å². The van der Waals surface area contributed by atoms with Gasteiger partial charge in [-0.1, -0.05) is 84.9 Å². The Kier molecular flexibility index (Phi) is 4.08. The number of hydrogen-bond donors (Lipinski definition) is 0. The Morgan fingerprint density at radius 2 is 1.15 bits per heavy atom. The zero-order valence-corrected chi connectivity index (χ0v) is 18.6. The summed E-state index contributed by atoms with van der Waals surface area (Å²) in [4.78, 5) is 4.57. The normalized spacial score (nSPS) is 11.6. The van der Waals surface area contributed by atoms with Gasteiger partial charge in [-0.25, -0.2) is 0 Å². The number of rotatable bonds is 2. The lowest BCUT2D eigenvalue weighted by Crippen LogP contribution is -1.91. The summed E-state index contributed by atoms with van der Waals surface area (Å²) in [7, 11) is 0. The van der Waals surface area contributed by atoms with Crippen molar-refractivity contribution in [3.63, 3.8) is 0 Å². The summed E-state index contributed by atoms with van der Waals surface area (Å²) < 4.78 is 2.65. The van der Waals surface area contributed by atoms with Gasteiger partial charge in [-0.15, -0.1) is 11.3 Å². The van der Waals surface area contributed by atoms with E-state index in [2.05, 4.69) is 108 Å². The lowest BCUT2D eigenvalue weighted by Gasteiger charge is -2.18. The zero-order valence-electron chi connectivity index (χ0n) is 17.8. The summed E-state index contributed by atoms with van der Waals surface area (Å²) in [6, 6.07) is 37.1. The summed E-state index contributed by atoms with van der Waals surface area (Å²) in [5.74, 6) is 0. The van der Waals surface area contributed by atoms with Crippen LogP contribution in [0, 0.1) is 0 Å². The van der Waals surface area contributed by atoms with E-state index in [9.17, 15) is 0 Å². The maximum atomic E-state index is 4.57. The van der Waals surface area contributed by atoms with Crippen LogP contribution in [0.1, 0.15) is 0 Å². The number of pyridine rings is 1. The maximum Gasteiger partial charge on any atom is 0.0361 e. The Bertz CT molecular complexity index is 1760. The molecule has 0 amide bonds. The van der Waals surface area contributed by atoms with Crippen molar-refractivity contribution in [2.75, 3.05) is 0 Å². The first-order valence-electron chi connectivity index (χ1n) is 11.1. The third-order valence-electron chi connectivity index (χ3n) is 6.56. The molecule has 7 rings (SSSR count). The fourth-order valence-electron chi connectivity index (χ4n) is 5.21. The van der Waals surface area contributed by atoms with E-state index in [1.807, 2.05) is 23.7 Å². The van der Waals surface area contributed by atoms with Crippen LogP contribution in [0.25, 0.3) is 64.0 Å². The number of thiophene rings is 1. The van der Waals surface area contributed by atoms with Gasteiger partial charge in [-0.05, 0) is 56.6 Å². The minimum Gasteiger partial charge on any atom is -0.264 e. The topological polar surface area (TPSA) is 12.9 Å². The van der Waals surface area contributed by atoms with Crippen molar-refractivity contribution in [2.24, 2.45) is 0 Å². The highest BCUT2D eigenvalue weighted by Crippen LogP contribution is 2.47. The monoisotopic (exact) mass is 437 g/mol. The highest BCUT2D eigenvalue weighted by molar-refractivity contribution is 7.25. The average Bonchev–Trinajstić information content (AvgIpc) is 3.27. The van der Waals surface area contributed by atoms with E-state index < -0.39 is 0 Å². The number of aromatic nitrogens is 1. The Balaban J connectivity index is 1.71. The van der Waals surface area contributed by atoms with Gasteiger partial charge < -0.3 is 0 Å². The summed E-state index contributed by atoms with van der Waals surface area (Å²) in [5, 5.41) is 7.62. The number of nitrogens with zero attached hydrogens (tertiary/aromatic N) is 1. The van der Waals surface area contributed by atoms with Crippen LogP contribution >= 0.6 is 11.3 Å². The molecule has 0 atom stereocenters. The zero-order chi connectivity index (χ0) is 21.8. The molecule has 2 heteroatoms. The molecule has 2 aromatic heterocycles. The van der Waals surface area contributed by atoms with E-state index in [-0.39, 0.29) is 0 Å². The smallest absolute Gasteiger partial charge is 0.0361 e. The molecule has 0 spiro atoms. The predicted octanol–water partition coefficient (Wildman–Crippen LogP) is 9.09. The molecule has 0 fully saturated rings. The number of fused-ring (bicyclic) bond motifs is 5. The molecule has 0 unspecified atom stereocenters. The summed E-state index contributed by atoms with van der Waals surface area (Å²) in [5.41, 5.74) is 5.05. The van der Waals surface area contributed by atoms with E-state index in [4.69, 9.17) is 0 Å². The van der Waals surface area contributed by atoms with Crippen molar-refractivity contribution in [1.82, 2.24) is 4.98 Å². The second kappa shape index (κ2) is 7.26. The van der Waals surface area contributed by atoms with Crippen LogP contribution in [0.15, 0.2) is 116 Å². The Morgan fingerprint density at radius 3 is 2.00 bits per heavy atom. The SMILES string of the molecule is c1ccc(-c2c3ccccc3c(-c3cccc4sc5ccccc5c34)c3cnccc23)cc1. The molecule has 0 aliphatic rings. The molecule has 0 N–H and O–H groups in total. The van der Waals surface area contributed by atoms with Gasteiger partial charge in [0.05, 0.1) is 0 Å². The van der Waals surface area contributed by atoms with Crippen LogP contribution in [0.4, 0.5) is 0 Å². The molecule has 2 heterocycles. The molecule has 0 saturated heterocycles. The lowest BCUT2D eigenvalue weighted by atomic mass is 9.85. The fourth-order valence-corrected chi connectivity index (χ4v) is 6.34. The molecule has 5 aromatic carbocycles. The molecule has 7 aromatic rings. The molecule has 1 nitrogen and oxygen atoms in total. The van der Waals surface area contributed by atoms with Crippen LogP contribution in [0.3, 0.4) is 0 Å². The molecular formula is C31H19NS. The number of benzene rings is 5. The largest absolute Gasteiger partial charge is 0.264 e. The van der Waals surface area contributed by atoms with Gasteiger partial charge in [-0.3, -0.25) is 4.98 Å². The first kappa shape index (κ1) is 18.6. The van der Waals surface area contributed by atoms with Gasteiger partial charge in [0.15, 0.2) is 0 Å². The van der Waals surface area contributed by atoms with E-state index in [1.54, 1.807) is 0 Å². The second-order valence-electron chi connectivity index (χ2n) is 8.36. The maximum absolute atomic E-state index is 4.57. The van der Waals surface area contributed by atoms with Gasteiger partial charge >= 0.3 is 0 Å². The molecule has 0 aliphatic heterocycles. The van der Waals surface area contributed by atoms with E-state index in [0.29, 0.717) is 0 Å². The lowest BCUT2D eigenvalue weighted by molar-refractivity contribution is 1.37. The van der Waals surface area contributed by atoms with Crippen LogP contribution in [-0.2, 0) is 0 Å². The first-order valence-corrected chi connectivity index (χ1v) is 12.0. The first-order chi connectivity index (χ1) is 16.4. The molecule has 33 heavy (non-hydrogen) atoms. The molecule has 0 aliphatic carbocycles. The van der Waals surface area contributed by atoms with Gasteiger partial charge in [0.1, 0.15) is 0 Å². The minimum absolute atomic E-state index is 1.19. The van der Waals surface area contributed by atoms with E-state index >= 15 is 0 Å². The fraction of sp³-hybridized carbons (Fsp3) is 0. The predicted molar refractivity (Wildman–Crippen MR) is 143 cm³/mol.